The highest BCUT2D eigenvalue weighted by molar-refractivity contribution is 5.97. The summed E-state index contributed by atoms with van der Waals surface area (Å²) in [5, 5.41) is 2.77. The highest BCUT2D eigenvalue weighted by Crippen LogP contribution is 2.23. The molecule has 0 aliphatic carbocycles. The summed E-state index contributed by atoms with van der Waals surface area (Å²) in [5.74, 6) is 0.429. The first-order valence-electron chi connectivity index (χ1n) is 6.42. The van der Waals surface area contributed by atoms with E-state index in [0.717, 1.165) is 12.8 Å². The number of carbonyl (C=O) groups is 1. The molecule has 1 amide bonds. The van der Waals surface area contributed by atoms with Crippen molar-refractivity contribution in [1.29, 1.82) is 0 Å². The average Bonchev–Trinajstić information content (AvgIpc) is 2.29. The maximum absolute atomic E-state index is 11.9. The lowest BCUT2D eigenvalue weighted by molar-refractivity contribution is 0.0949. The Hall–Kier alpha value is -1.71. The second kappa shape index (κ2) is 6.89. The number of amides is 1. The van der Waals surface area contributed by atoms with Gasteiger partial charge in [0, 0.05) is 18.3 Å². The lowest BCUT2D eigenvalue weighted by Gasteiger charge is -2.17. The summed E-state index contributed by atoms with van der Waals surface area (Å²) < 4.78 is 5.79. The van der Waals surface area contributed by atoms with Crippen molar-refractivity contribution in [2.75, 3.05) is 12.3 Å². The van der Waals surface area contributed by atoms with Crippen LogP contribution in [0.4, 0.5) is 5.69 Å². The minimum absolute atomic E-state index is 0.0741. The first-order valence-corrected chi connectivity index (χ1v) is 6.42. The van der Waals surface area contributed by atoms with Crippen molar-refractivity contribution in [2.45, 2.75) is 39.7 Å². The number of nitrogens with two attached hydrogens (primary N) is 1. The second-order valence-electron chi connectivity index (χ2n) is 4.33. The van der Waals surface area contributed by atoms with Crippen molar-refractivity contribution < 1.29 is 9.53 Å². The van der Waals surface area contributed by atoms with Crippen LogP contribution in [-0.4, -0.2) is 18.6 Å². The van der Waals surface area contributed by atoms with E-state index < -0.39 is 0 Å². The van der Waals surface area contributed by atoms with Crippen LogP contribution >= 0.6 is 0 Å². The Balaban J connectivity index is 2.92. The quantitative estimate of drug-likeness (QED) is 0.763. The largest absolute Gasteiger partial charge is 0.490 e. The van der Waals surface area contributed by atoms with Crippen molar-refractivity contribution in [3.8, 4) is 5.75 Å². The van der Waals surface area contributed by atoms with Gasteiger partial charge >= 0.3 is 0 Å². The summed E-state index contributed by atoms with van der Waals surface area (Å²) in [6, 6.07) is 5.12. The molecular formula is C14H22N2O2. The van der Waals surface area contributed by atoms with E-state index in [2.05, 4.69) is 12.2 Å². The van der Waals surface area contributed by atoms with Crippen LogP contribution < -0.4 is 15.8 Å². The first-order chi connectivity index (χ1) is 8.58. The van der Waals surface area contributed by atoms with Crippen molar-refractivity contribution in [1.82, 2.24) is 5.32 Å². The molecule has 4 nitrogen and oxygen atoms in total. The maximum atomic E-state index is 11.9. The predicted molar refractivity (Wildman–Crippen MR) is 73.9 cm³/mol. The Morgan fingerprint density at radius 1 is 1.44 bits per heavy atom. The molecule has 0 aliphatic heterocycles. The van der Waals surface area contributed by atoms with Crippen LogP contribution in [0.2, 0.25) is 0 Å². The standard InChI is InChI=1S/C14H22N2O2/c1-4-6-10(3)18-13-9-11(15)7-8-12(13)14(17)16-5-2/h7-10H,4-6,15H2,1-3H3,(H,16,17). The number of benzene rings is 1. The van der Waals surface area contributed by atoms with Gasteiger partial charge in [-0.05, 0) is 32.4 Å². The predicted octanol–water partition coefficient (Wildman–Crippen LogP) is 2.59. The van der Waals surface area contributed by atoms with E-state index >= 15 is 0 Å². The minimum atomic E-state index is -0.129. The van der Waals surface area contributed by atoms with Gasteiger partial charge in [0.05, 0.1) is 11.7 Å². The zero-order chi connectivity index (χ0) is 13.5. The lowest BCUT2D eigenvalue weighted by atomic mass is 10.1. The Labute approximate surface area is 109 Å². The lowest BCUT2D eigenvalue weighted by Crippen LogP contribution is -2.24. The fraction of sp³-hybridized carbons (Fsp3) is 0.500. The molecule has 1 aromatic rings. The molecule has 0 radical (unpaired) electrons. The molecule has 1 rings (SSSR count). The second-order valence-corrected chi connectivity index (χ2v) is 4.33. The number of carbonyl (C=O) groups excluding carboxylic acids is 1. The van der Waals surface area contributed by atoms with Crippen LogP contribution in [0.25, 0.3) is 0 Å². The van der Waals surface area contributed by atoms with Crippen molar-refractivity contribution in [2.24, 2.45) is 0 Å². The third-order valence-corrected chi connectivity index (χ3v) is 2.61. The first kappa shape index (κ1) is 14.4. The summed E-state index contributed by atoms with van der Waals surface area (Å²) in [5.41, 5.74) is 6.87. The minimum Gasteiger partial charge on any atom is -0.490 e. The number of ether oxygens (including phenoxy) is 1. The molecule has 1 unspecified atom stereocenters. The fourth-order valence-corrected chi connectivity index (χ4v) is 1.76. The third kappa shape index (κ3) is 3.95. The zero-order valence-corrected chi connectivity index (χ0v) is 11.3. The molecule has 0 aliphatic rings. The van der Waals surface area contributed by atoms with E-state index in [9.17, 15) is 4.79 Å². The van der Waals surface area contributed by atoms with Gasteiger partial charge in [-0.25, -0.2) is 0 Å². The Bertz CT molecular complexity index is 405. The van der Waals surface area contributed by atoms with E-state index in [1.807, 2.05) is 13.8 Å². The van der Waals surface area contributed by atoms with Gasteiger partial charge in [0.15, 0.2) is 0 Å². The molecular weight excluding hydrogens is 228 g/mol. The molecule has 100 valence electrons. The van der Waals surface area contributed by atoms with Gasteiger partial charge < -0.3 is 15.8 Å². The number of hydrogen-bond acceptors (Lipinski definition) is 3. The highest BCUT2D eigenvalue weighted by atomic mass is 16.5. The number of anilines is 1. The van der Waals surface area contributed by atoms with Crippen LogP contribution in [0.15, 0.2) is 18.2 Å². The molecule has 4 heteroatoms. The topological polar surface area (TPSA) is 64.3 Å². The monoisotopic (exact) mass is 250 g/mol. The fourth-order valence-electron chi connectivity index (χ4n) is 1.76. The van der Waals surface area contributed by atoms with E-state index in [1.54, 1.807) is 18.2 Å². The van der Waals surface area contributed by atoms with Gasteiger partial charge in [0.2, 0.25) is 0 Å². The summed E-state index contributed by atoms with van der Waals surface area (Å²) in [6.07, 6.45) is 2.06. The number of rotatable bonds is 6. The molecule has 0 heterocycles. The SMILES string of the molecule is CCCC(C)Oc1cc(N)ccc1C(=O)NCC. The van der Waals surface area contributed by atoms with E-state index in [-0.39, 0.29) is 12.0 Å². The molecule has 0 fully saturated rings. The molecule has 0 saturated carbocycles. The van der Waals surface area contributed by atoms with Crippen LogP contribution in [0, 0.1) is 0 Å². The van der Waals surface area contributed by atoms with Crippen molar-refractivity contribution in [3.05, 3.63) is 23.8 Å². The Morgan fingerprint density at radius 2 is 2.17 bits per heavy atom. The molecule has 0 bridgehead atoms. The summed E-state index contributed by atoms with van der Waals surface area (Å²) >= 11 is 0. The number of hydrogen-bond donors (Lipinski definition) is 2. The molecule has 0 spiro atoms. The molecule has 1 atom stereocenters. The van der Waals surface area contributed by atoms with Crippen LogP contribution in [-0.2, 0) is 0 Å². The zero-order valence-electron chi connectivity index (χ0n) is 11.3. The van der Waals surface area contributed by atoms with E-state index in [4.69, 9.17) is 10.5 Å². The summed E-state index contributed by atoms with van der Waals surface area (Å²) in [7, 11) is 0. The molecule has 0 aromatic heterocycles. The van der Waals surface area contributed by atoms with E-state index in [1.165, 1.54) is 0 Å². The maximum Gasteiger partial charge on any atom is 0.255 e. The van der Waals surface area contributed by atoms with Gasteiger partial charge in [-0.3, -0.25) is 4.79 Å². The summed E-state index contributed by atoms with van der Waals surface area (Å²) in [4.78, 5) is 11.9. The van der Waals surface area contributed by atoms with Gasteiger partial charge in [0.1, 0.15) is 5.75 Å². The number of nitrogen functional groups attached to an aromatic ring is 1. The molecule has 1 aromatic carbocycles. The van der Waals surface area contributed by atoms with Gasteiger partial charge in [-0.2, -0.15) is 0 Å². The highest BCUT2D eigenvalue weighted by Gasteiger charge is 2.14. The van der Waals surface area contributed by atoms with Gasteiger partial charge in [-0.15, -0.1) is 0 Å². The average molecular weight is 250 g/mol. The van der Waals surface area contributed by atoms with Crippen LogP contribution in [0.5, 0.6) is 5.75 Å². The van der Waals surface area contributed by atoms with Gasteiger partial charge in [0.25, 0.3) is 5.91 Å². The number of nitrogens with one attached hydrogen (secondary N) is 1. The normalized spacial score (nSPS) is 11.9. The molecule has 3 N–H and O–H groups in total. The third-order valence-electron chi connectivity index (χ3n) is 2.61. The van der Waals surface area contributed by atoms with Crippen LogP contribution in [0.3, 0.4) is 0 Å². The molecule has 0 saturated heterocycles. The summed E-state index contributed by atoms with van der Waals surface area (Å²) in [6.45, 7) is 6.57. The van der Waals surface area contributed by atoms with Crippen molar-refractivity contribution >= 4 is 11.6 Å². The van der Waals surface area contributed by atoms with Crippen LogP contribution in [0.1, 0.15) is 44.0 Å². The van der Waals surface area contributed by atoms with E-state index in [0.29, 0.717) is 23.5 Å². The Morgan fingerprint density at radius 3 is 2.78 bits per heavy atom. The van der Waals surface area contributed by atoms with Gasteiger partial charge in [-0.1, -0.05) is 13.3 Å². The van der Waals surface area contributed by atoms with Crippen molar-refractivity contribution in [3.63, 3.8) is 0 Å². The molecule has 18 heavy (non-hydrogen) atoms. The smallest absolute Gasteiger partial charge is 0.255 e. The Kier molecular flexibility index (Phi) is 5.49.